The topological polar surface area (TPSA) is 21.3 Å². The predicted octanol–water partition coefficient (Wildman–Crippen LogP) is 6.24. The monoisotopic (exact) mass is 399 g/mol. The molecule has 0 aromatic heterocycles. The molecule has 0 amide bonds. The molecule has 1 spiro atoms. The minimum atomic E-state index is 0.277. The van der Waals surface area contributed by atoms with Crippen LogP contribution in [0.4, 0.5) is 0 Å². The van der Waals surface area contributed by atoms with Gasteiger partial charge in [-0.05, 0) is 79.9 Å². The van der Waals surface area contributed by atoms with Crippen LogP contribution in [-0.4, -0.2) is 11.3 Å². The summed E-state index contributed by atoms with van der Waals surface area (Å²) in [4.78, 5) is 0. The Hall–Kier alpha value is -1.58. The van der Waals surface area contributed by atoms with Crippen LogP contribution in [0.5, 0.6) is 0 Å². The first kappa shape index (κ1) is 18.8. The highest BCUT2D eigenvalue weighted by molar-refractivity contribution is 7.80. The molecule has 2 aromatic rings. The lowest BCUT2D eigenvalue weighted by Crippen LogP contribution is -2.50. The first-order valence-corrected chi connectivity index (χ1v) is 10.7. The Morgan fingerprint density at radius 3 is 2.30 bits per heavy atom. The molecule has 2 saturated carbocycles. The summed E-state index contributed by atoms with van der Waals surface area (Å²) in [5, 5.41) is 4.52. The van der Waals surface area contributed by atoms with Crippen molar-refractivity contribution in [3.05, 3.63) is 70.7 Å². The summed E-state index contributed by atoms with van der Waals surface area (Å²) >= 11 is 11.4. The molecule has 2 nitrogen and oxygen atoms in total. The molecule has 1 atom stereocenters. The molecule has 0 bridgehead atoms. The van der Waals surface area contributed by atoms with E-state index in [1.807, 2.05) is 24.3 Å². The van der Waals surface area contributed by atoms with E-state index in [1.54, 1.807) is 0 Å². The summed E-state index contributed by atoms with van der Waals surface area (Å²) in [5.41, 5.74) is 2.98. The quantitative estimate of drug-likeness (QED) is 0.615. The molecule has 0 radical (unpaired) electrons. The summed E-state index contributed by atoms with van der Waals surface area (Å²) in [6.07, 6.45) is 7.69. The smallest absolute Gasteiger partial charge is 0.257 e. The van der Waals surface area contributed by atoms with Crippen molar-refractivity contribution in [2.24, 2.45) is 5.41 Å². The van der Waals surface area contributed by atoms with E-state index in [1.165, 1.54) is 37.7 Å². The van der Waals surface area contributed by atoms with Crippen molar-refractivity contribution >= 4 is 29.0 Å². The molecular weight excluding hydrogens is 374 g/mol. The molecule has 4 heteroatoms. The number of benzene rings is 2. The van der Waals surface area contributed by atoms with E-state index >= 15 is 0 Å². The summed E-state index contributed by atoms with van der Waals surface area (Å²) in [5.74, 6) is 0.702. The van der Waals surface area contributed by atoms with Gasteiger partial charge in [0.25, 0.3) is 5.17 Å². The molecule has 0 aliphatic heterocycles. The van der Waals surface area contributed by atoms with Crippen molar-refractivity contribution in [1.29, 1.82) is 0 Å². The molecule has 2 aliphatic rings. The fraction of sp³-hybridized carbons (Fsp3) is 0.435. The Bertz CT molecular complexity index is 769. The van der Waals surface area contributed by atoms with Gasteiger partial charge in [-0.25, -0.2) is 0 Å². The van der Waals surface area contributed by atoms with Crippen molar-refractivity contribution in [1.82, 2.24) is 5.32 Å². The molecular formula is C23H26ClNOS. The van der Waals surface area contributed by atoms with Gasteiger partial charge >= 0.3 is 0 Å². The van der Waals surface area contributed by atoms with Gasteiger partial charge in [0.1, 0.15) is 6.10 Å². The van der Waals surface area contributed by atoms with Crippen LogP contribution in [0.3, 0.4) is 0 Å². The van der Waals surface area contributed by atoms with Gasteiger partial charge in [-0.3, -0.25) is 0 Å². The molecule has 2 aliphatic carbocycles. The molecule has 2 aromatic carbocycles. The van der Waals surface area contributed by atoms with Gasteiger partial charge in [-0.15, -0.1) is 0 Å². The maximum Gasteiger partial charge on any atom is 0.257 e. The van der Waals surface area contributed by atoms with Crippen LogP contribution in [0, 0.1) is 5.41 Å². The molecule has 1 unspecified atom stereocenters. The van der Waals surface area contributed by atoms with E-state index in [0.29, 0.717) is 23.1 Å². The van der Waals surface area contributed by atoms with E-state index in [0.717, 1.165) is 17.0 Å². The van der Waals surface area contributed by atoms with Crippen LogP contribution in [-0.2, 0) is 11.3 Å². The SMILES string of the molecule is S=C(NCc1ccc(Cl)cc1)OC1CCC12CCC(c1ccccc1)CC2. The number of hydrogen-bond donors (Lipinski definition) is 1. The largest absolute Gasteiger partial charge is 0.467 e. The van der Waals surface area contributed by atoms with E-state index in [4.69, 9.17) is 28.6 Å². The third-order valence-electron chi connectivity index (χ3n) is 6.44. The lowest BCUT2D eigenvalue weighted by atomic mass is 9.56. The second-order valence-corrected chi connectivity index (χ2v) is 8.77. The van der Waals surface area contributed by atoms with Crippen LogP contribution in [0.25, 0.3) is 0 Å². The summed E-state index contributed by atoms with van der Waals surface area (Å²) in [6.45, 7) is 0.672. The van der Waals surface area contributed by atoms with Gasteiger partial charge in [0.05, 0.1) is 0 Å². The van der Waals surface area contributed by atoms with Crippen LogP contribution in [0.15, 0.2) is 54.6 Å². The van der Waals surface area contributed by atoms with Crippen LogP contribution >= 0.6 is 23.8 Å². The van der Waals surface area contributed by atoms with E-state index < -0.39 is 0 Å². The fourth-order valence-electron chi connectivity index (χ4n) is 4.62. The zero-order valence-electron chi connectivity index (χ0n) is 15.5. The highest BCUT2D eigenvalue weighted by Crippen LogP contribution is 2.55. The third kappa shape index (κ3) is 4.30. The van der Waals surface area contributed by atoms with Gasteiger partial charge in [-0.1, -0.05) is 54.1 Å². The van der Waals surface area contributed by atoms with Crippen molar-refractivity contribution in [3.63, 3.8) is 0 Å². The Labute approximate surface area is 172 Å². The first-order valence-electron chi connectivity index (χ1n) is 9.88. The maximum absolute atomic E-state index is 6.16. The number of nitrogens with one attached hydrogen (secondary N) is 1. The second kappa shape index (κ2) is 8.20. The molecule has 4 rings (SSSR count). The van der Waals surface area contributed by atoms with Gasteiger partial charge in [-0.2, -0.15) is 0 Å². The average Bonchev–Trinajstić information content (AvgIpc) is 2.71. The minimum absolute atomic E-state index is 0.277. The number of halogens is 1. The summed E-state index contributed by atoms with van der Waals surface area (Å²) in [7, 11) is 0. The molecule has 142 valence electrons. The molecule has 0 saturated heterocycles. The van der Waals surface area contributed by atoms with Crippen molar-refractivity contribution in [2.75, 3.05) is 0 Å². The van der Waals surface area contributed by atoms with Crippen LogP contribution in [0.1, 0.15) is 55.6 Å². The Kier molecular flexibility index (Phi) is 5.70. The van der Waals surface area contributed by atoms with E-state index in [2.05, 4.69) is 35.6 Å². The average molecular weight is 400 g/mol. The molecule has 1 N–H and O–H groups in total. The second-order valence-electron chi connectivity index (χ2n) is 7.96. The summed E-state index contributed by atoms with van der Waals surface area (Å²) < 4.78 is 6.16. The van der Waals surface area contributed by atoms with Gasteiger partial charge in [0.15, 0.2) is 0 Å². The number of thiocarbonyl (C=S) groups is 1. The molecule has 27 heavy (non-hydrogen) atoms. The fourth-order valence-corrected chi connectivity index (χ4v) is 4.94. The normalized spacial score (nSPS) is 27.0. The first-order chi connectivity index (χ1) is 13.1. The zero-order chi connectivity index (χ0) is 18.7. The predicted molar refractivity (Wildman–Crippen MR) is 115 cm³/mol. The van der Waals surface area contributed by atoms with Crippen molar-refractivity contribution < 1.29 is 4.74 Å². The van der Waals surface area contributed by atoms with Gasteiger partial charge in [0, 0.05) is 17.0 Å². The van der Waals surface area contributed by atoms with E-state index in [-0.39, 0.29) is 6.10 Å². The number of ether oxygens (including phenoxy) is 1. The highest BCUT2D eigenvalue weighted by Gasteiger charge is 2.50. The molecule has 0 heterocycles. The lowest BCUT2D eigenvalue weighted by molar-refractivity contribution is -0.0809. The van der Waals surface area contributed by atoms with Gasteiger partial charge in [0.2, 0.25) is 0 Å². The van der Waals surface area contributed by atoms with E-state index in [9.17, 15) is 0 Å². The Balaban J connectivity index is 1.27. The minimum Gasteiger partial charge on any atom is -0.467 e. The lowest BCUT2D eigenvalue weighted by Gasteiger charge is -2.52. The van der Waals surface area contributed by atoms with Crippen LogP contribution in [0.2, 0.25) is 5.02 Å². The van der Waals surface area contributed by atoms with Crippen LogP contribution < -0.4 is 5.32 Å². The maximum atomic E-state index is 6.16. The van der Waals surface area contributed by atoms with Crippen molar-refractivity contribution in [3.8, 4) is 0 Å². The Morgan fingerprint density at radius 1 is 1.00 bits per heavy atom. The summed E-state index contributed by atoms with van der Waals surface area (Å²) in [6, 6.07) is 18.8. The number of rotatable bonds is 4. The Morgan fingerprint density at radius 2 is 1.67 bits per heavy atom. The zero-order valence-corrected chi connectivity index (χ0v) is 17.1. The standard InChI is InChI=1S/C23H26ClNOS/c24-20-8-6-17(7-9-20)16-25-22(27)26-21-12-15-23(21)13-10-19(11-14-23)18-4-2-1-3-5-18/h1-9,19,21H,10-16H2,(H,25,27). The highest BCUT2D eigenvalue weighted by atomic mass is 35.5. The third-order valence-corrected chi connectivity index (χ3v) is 6.93. The van der Waals surface area contributed by atoms with Gasteiger partial charge < -0.3 is 10.1 Å². The number of hydrogen-bond acceptors (Lipinski definition) is 2. The molecule has 2 fully saturated rings. The van der Waals surface area contributed by atoms with Crippen molar-refractivity contribution in [2.45, 2.75) is 57.1 Å².